The third-order valence-electron chi connectivity index (χ3n) is 2.45. The second-order valence-electron chi connectivity index (χ2n) is 4.26. The molecular weight excluding hydrogens is 260 g/mol. The van der Waals surface area contributed by atoms with E-state index in [-0.39, 0.29) is 11.3 Å². The quantitative estimate of drug-likeness (QED) is 0.865. The third kappa shape index (κ3) is 4.70. The maximum absolute atomic E-state index is 13.6. The Labute approximate surface area is 106 Å². The molecule has 1 unspecified atom stereocenters. The van der Waals surface area contributed by atoms with Crippen molar-refractivity contribution in [2.24, 2.45) is 0 Å². The highest BCUT2D eigenvalue weighted by atomic mass is 32.2. The summed E-state index contributed by atoms with van der Waals surface area (Å²) in [6.07, 6.45) is 1.89. The fourth-order valence-corrected chi connectivity index (χ4v) is 2.57. The van der Waals surface area contributed by atoms with Crippen LogP contribution in [0.25, 0.3) is 0 Å². The highest BCUT2D eigenvalue weighted by Gasteiger charge is 2.20. The molecule has 0 fully saturated rings. The van der Waals surface area contributed by atoms with E-state index in [0.717, 1.165) is 24.8 Å². The van der Waals surface area contributed by atoms with Crippen LogP contribution in [0.5, 0.6) is 0 Å². The van der Waals surface area contributed by atoms with E-state index in [2.05, 4.69) is 5.32 Å². The van der Waals surface area contributed by atoms with Crippen LogP contribution < -0.4 is 5.32 Å². The van der Waals surface area contributed by atoms with E-state index < -0.39 is 27.5 Å². The predicted molar refractivity (Wildman–Crippen MR) is 67.1 cm³/mol. The summed E-state index contributed by atoms with van der Waals surface area (Å²) in [4.78, 5) is 0. The lowest BCUT2D eigenvalue weighted by Gasteiger charge is -2.18. The van der Waals surface area contributed by atoms with Gasteiger partial charge in [0, 0.05) is 23.9 Å². The van der Waals surface area contributed by atoms with Crippen LogP contribution in [0.2, 0.25) is 0 Å². The van der Waals surface area contributed by atoms with Crippen LogP contribution in [0.3, 0.4) is 0 Å². The lowest BCUT2D eigenvalue weighted by atomic mass is 10.1. The van der Waals surface area contributed by atoms with E-state index in [1.54, 1.807) is 0 Å². The average molecular weight is 277 g/mol. The van der Waals surface area contributed by atoms with Crippen molar-refractivity contribution in [3.63, 3.8) is 0 Å². The van der Waals surface area contributed by atoms with Crippen molar-refractivity contribution in [1.82, 2.24) is 5.32 Å². The molecule has 0 aromatic heterocycles. The molecule has 0 aliphatic rings. The van der Waals surface area contributed by atoms with Gasteiger partial charge >= 0.3 is 0 Å². The van der Waals surface area contributed by atoms with Gasteiger partial charge in [-0.2, -0.15) is 0 Å². The van der Waals surface area contributed by atoms with Gasteiger partial charge in [0.1, 0.15) is 21.5 Å². The van der Waals surface area contributed by atoms with Gasteiger partial charge in [-0.1, -0.05) is 13.0 Å². The number of rotatable bonds is 6. The van der Waals surface area contributed by atoms with Crippen molar-refractivity contribution in [1.29, 1.82) is 0 Å². The minimum atomic E-state index is -3.25. The predicted octanol–water partition coefficient (Wildman–Crippen LogP) is 2.05. The summed E-state index contributed by atoms with van der Waals surface area (Å²) in [5, 5.41) is 2.96. The first kappa shape index (κ1) is 15.0. The molecule has 0 amide bonds. The van der Waals surface area contributed by atoms with Crippen LogP contribution in [0.15, 0.2) is 18.2 Å². The molecule has 6 heteroatoms. The lowest BCUT2D eigenvalue weighted by molar-refractivity contribution is 0.512. The Kier molecular flexibility index (Phi) is 5.22. The molecule has 0 spiro atoms. The van der Waals surface area contributed by atoms with Crippen molar-refractivity contribution < 1.29 is 17.2 Å². The molecule has 0 aliphatic carbocycles. The number of hydrogen-bond acceptors (Lipinski definition) is 3. The minimum Gasteiger partial charge on any atom is -0.309 e. The molecule has 1 N–H and O–H groups in total. The zero-order valence-electron chi connectivity index (χ0n) is 10.4. The molecule has 1 aromatic carbocycles. The Balaban J connectivity index is 3.01. The normalized spacial score (nSPS) is 13.6. The Morgan fingerprint density at radius 1 is 1.33 bits per heavy atom. The zero-order chi connectivity index (χ0) is 13.8. The topological polar surface area (TPSA) is 46.2 Å². The fraction of sp³-hybridized carbons (Fsp3) is 0.500. The first-order chi connectivity index (χ1) is 8.33. The Morgan fingerprint density at radius 3 is 2.50 bits per heavy atom. The molecular formula is C12H17F2NO2S. The monoisotopic (exact) mass is 277 g/mol. The highest BCUT2D eigenvalue weighted by molar-refractivity contribution is 7.90. The molecule has 3 nitrogen and oxygen atoms in total. The summed E-state index contributed by atoms with van der Waals surface area (Å²) in [6, 6.07) is 2.52. The minimum absolute atomic E-state index is 0.176. The van der Waals surface area contributed by atoms with E-state index in [0.29, 0.717) is 6.54 Å². The Hall–Kier alpha value is -1.01. The first-order valence-electron chi connectivity index (χ1n) is 5.69. The largest absolute Gasteiger partial charge is 0.309 e. The van der Waals surface area contributed by atoms with Crippen LogP contribution in [0, 0.1) is 11.6 Å². The smallest absolute Gasteiger partial charge is 0.149 e. The SMILES string of the molecule is CCCNC(CS(C)(=O)=O)c1ccc(F)cc1F. The molecule has 0 radical (unpaired) electrons. The number of hydrogen-bond donors (Lipinski definition) is 1. The van der Waals surface area contributed by atoms with Crippen LogP contribution in [0.1, 0.15) is 24.9 Å². The fourth-order valence-electron chi connectivity index (χ4n) is 1.66. The van der Waals surface area contributed by atoms with Gasteiger partial charge < -0.3 is 5.32 Å². The highest BCUT2D eigenvalue weighted by Crippen LogP contribution is 2.19. The van der Waals surface area contributed by atoms with Crippen LogP contribution >= 0.6 is 0 Å². The standard InChI is InChI=1S/C12H17F2NO2S/c1-3-6-15-12(8-18(2,16)17)10-5-4-9(13)7-11(10)14/h4-5,7,12,15H,3,6,8H2,1-2H3. The van der Waals surface area contributed by atoms with Gasteiger partial charge in [-0.3, -0.25) is 0 Å². The number of halogens is 2. The summed E-state index contributed by atoms with van der Waals surface area (Å²) in [6.45, 7) is 2.49. The van der Waals surface area contributed by atoms with E-state index in [4.69, 9.17) is 0 Å². The number of benzene rings is 1. The maximum atomic E-state index is 13.6. The molecule has 0 saturated heterocycles. The van der Waals surface area contributed by atoms with Gasteiger partial charge in [-0.05, 0) is 19.0 Å². The molecule has 102 valence electrons. The second-order valence-corrected chi connectivity index (χ2v) is 6.45. The molecule has 1 atom stereocenters. The van der Waals surface area contributed by atoms with Crippen molar-refractivity contribution in [3.05, 3.63) is 35.4 Å². The zero-order valence-corrected chi connectivity index (χ0v) is 11.2. The van der Waals surface area contributed by atoms with E-state index >= 15 is 0 Å². The Bertz CT molecular complexity index is 503. The molecule has 0 heterocycles. The summed E-state index contributed by atoms with van der Waals surface area (Å²) in [5.41, 5.74) is 0.176. The summed E-state index contributed by atoms with van der Waals surface area (Å²) < 4.78 is 49.1. The van der Waals surface area contributed by atoms with Gasteiger partial charge in [-0.25, -0.2) is 17.2 Å². The van der Waals surface area contributed by atoms with Gasteiger partial charge in [0.05, 0.1) is 5.75 Å². The Morgan fingerprint density at radius 2 is 2.00 bits per heavy atom. The van der Waals surface area contributed by atoms with Gasteiger partial charge in [0.15, 0.2) is 0 Å². The van der Waals surface area contributed by atoms with Crippen LogP contribution in [-0.4, -0.2) is 27.0 Å². The molecule has 0 saturated carbocycles. The van der Waals surface area contributed by atoms with Gasteiger partial charge in [0.2, 0.25) is 0 Å². The molecule has 1 aromatic rings. The van der Waals surface area contributed by atoms with Crippen molar-refractivity contribution in [2.75, 3.05) is 18.6 Å². The number of nitrogens with one attached hydrogen (secondary N) is 1. The van der Waals surface area contributed by atoms with E-state index in [1.165, 1.54) is 6.07 Å². The average Bonchev–Trinajstić information content (AvgIpc) is 2.23. The van der Waals surface area contributed by atoms with Crippen LogP contribution in [0.4, 0.5) is 8.78 Å². The number of sulfone groups is 1. The summed E-state index contributed by atoms with van der Waals surface area (Å²) in [7, 11) is -3.25. The van der Waals surface area contributed by atoms with Gasteiger partial charge in [0.25, 0.3) is 0 Å². The van der Waals surface area contributed by atoms with Crippen molar-refractivity contribution >= 4 is 9.84 Å². The molecule has 0 bridgehead atoms. The van der Waals surface area contributed by atoms with Crippen LogP contribution in [-0.2, 0) is 9.84 Å². The van der Waals surface area contributed by atoms with Crippen molar-refractivity contribution in [2.45, 2.75) is 19.4 Å². The van der Waals surface area contributed by atoms with E-state index in [9.17, 15) is 17.2 Å². The summed E-state index contributed by atoms with van der Waals surface area (Å²) >= 11 is 0. The van der Waals surface area contributed by atoms with Crippen molar-refractivity contribution in [3.8, 4) is 0 Å². The molecule has 0 aliphatic heterocycles. The lowest BCUT2D eigenvalue weighted by Crippen LogP contribution is -2.29. The second kappa shape index (κ2) is 6.24. The van der Waals surface area contributed by atoms with Gasteiger partial charge in [-0.15, -0.1) is 0 Å². The third-order valence-corrected chi connectivity index (χ3v) is 3.39. The van der Waals surface area contributed by atoms with E-state index in [1.807, 2.05) is 6.92 Å². The first-order valence-corrected chi connectivity index (χ1v) is 7.75. The molecule has 1 rings (SSSR count). The maximum Gasteiger partial charge on any atom is 0.149 e. The molecule has 18 heavy (non-hydrogen) atoms. The summed E-state index contributed by atoms with van der Waals surface area (Å²) in [5.74, 6) is -1.62.